The van der Waals surface area contributed by atoms with Crippen molar-refractivity contribution in [1.29, 1.82) is 0 Å². The monoisotopic (exact) mass is 294 g/mol. The van der Waals surface area contributed by atoms with E-state index in [0.29, 0.717) is 10.3 Å². The van der Waals surface area contributed by atoms with Crippen LogP contribution in [0.25, 0.3) is 0 Å². The molecule has 0 saturated heterocycles. The lowest BCUT2D eigenvalue weighted by molar-refractivity contribution is 0.369. The molecule has 1 saturated carbocycles. The van der Waals surface area contributed by atoms with Crippen LogP contribution >= 0.6 is 23.2 Å². The molecule has 0 atom stereocenters. The third-order valence-electron chi connectivity index (χ3n) is 3.56. The van der Waals surface area contributed by atoms with Crippen LogP contribution in [0.15, 0.2) is 30.6 Å². The highest BCUT2D eigenvalue weighted by Gasteiger charge is 2.46. The predicted molar refractivity (Wildman–Crippen MR) is 74.4 cm³/mol. The average Bonchev–Trinajstić information content (AvgIpc) is 2.70. The van der Waals surface area contributed by atoms with E-state index in [1.807, 2.05) is 23.7 Å². The second-order valence-electron chi connectivity index (χ2n) is 4.95. The highest BCUT2D eigenvalue weighted by Crippen LogP contribution is 2.51. The summed E-state index contributed by atoms with van der Waals surface area (Å²) in [5.74, 6) is 0.901. The number of hydrogen-bond donors (Lipinski definition) is 0. The summed E-state index contributed by atoms with van der Waals surface area (Å²) in [6, 6.07) is 3.68. The van der Waals surface area contributed by atoms with E-state index in [0.717, 1.165) is 24.2 Å². The van der Waals surface area contributed by atoms with E-state index in [-0.39, 0.29) is 5.41 Å². The Kier molecular flexibility index (Phi) is 2.87. The van der Waals surface area contributed by atoms with E-state index in [1.165, 1.54) is 5.57 Å². The van der Waals surface area contributed by atoms with Crippen molar-refractivity contribution in [3.63, 3.8) is 0 Å². The lowest BCUT2D eigenvalue weighted by Crippen LogP contribution is -2.39. The minimum atomic E-state index is -0.238. The molecule has 98 valence electrons. The maximum absolute atomic E-state index is 6.01. The number of rotatable bonds is 2. The molecule has 2 heterocycles. The SMILES string of the molecule is C=C1CC(c2cc(Cl)nc(Cl)c2)(c2nncn2C)C1. The molecule has 4 nitrogen and oxygen atoms in total. The Morgan fingerprint density at radius 3 is 2.37 bits per heavy atom. The van der Waals surface area contributed by atoms with Gasteiger partial charge in [0.15, 0.2) is 0 Å². The first-order valence-corrected chi connectivity index (χ1v) is 6.61. The molecule has 1 aliphatic rings. The van der Waals surface area contributed by atoms with E-state index in [4.69, 9.17) is 23.2 Å². The summed E-state index contributed by atoms with van der Waals surface area (Å²) < 4.78 is 1.93. The van der Waals surface area contributed by atoms with Crippen LogP contribution in [0.2, 0.25) is 10.3 Å². The Balaban J connectivity index is 2.16. The molecule has 0 radical (unpaired) electrons. The lowest BCUT2D eigenvalue weighted by Gasteiger charge is -2.43. The Bertz CT molecular complexity index is 634. The molecule has 3 rings (SSSR count). The molecule has 0 spiro atoms. The summed E-state index contributed by atoms with van der Waals surface area (Å²) in [5, 5.41) is 8.99. The van der Waals surface area contributed by atoms with Crippen molar-refractivity contribution >= 4 is 23.2 Å². The van der Waals surface area contributed by atoms with Crippen molar-refractivity contribution < 1.29 is 0 Å². The first-order chi connectivity index (χ1) is 9.01. The fourth-order valence-electron chi connectivity index (χ4n) is 2.75. The van der Waals surface area contributed by atoms with Gasteiger partial charge in [0.25, 0.3) is 0 Å². The molecule has 1 aliphatic carbocycles. The van der Waals surface area contributed by atoms with Crippen molar-refractivity contribution in [2.75, 3.05) is 0 Å². The molecule has 0 bridgehead atoms. The fraction of sp³-hybridized carbons (Fsp3) is 0.308. The van der Waals surface area contributed by atoms with Gasteiger partial charge in [-0.3, -0.25) is 0 Å². The Labute approximate surface area is 121 Å². The zero-order chi connectivity index (χ0) is 13.6. The first kappa shape index (κ1) is 12.6. The second kappa shape index (κ2) is 4.32. The molecular formula is C13H12Cl2N4. The minimum Gasteiger partial charge on any atom is -0.320 e. The van der Waals surface area contributed by atoms with Crippen LogP contribution in [0.4, 0.5) is 0 Å². The maximum atomic E-state index is 6.01. The van der Waals surface area contributed by atoms with E-state index in [1.54, 1.807) is 6.33 Å². The summed E-state index contributed by atoms with van der Waals surface area (Å²) in [4.78, 5) is 3.99. The van der Waals surface area contributed by atoms with Crippen LogP contribution in [0, 0.1) is 0 Å². The van der Waals surface area contributed by atoms with Gasteiger partial charge in [0.2, 0.25) is 0 Å². The summed E-state index contributed by atoms with van der Waals surface area (Å²) >= 11 is 12.0. The normalized spacial score (nSPS) is 17.3. The van der Waals surface area contributed by atoms with Gasteiger partial charge in [0, 0.05) is 7.05 Å². The number of allylic oxidation sites excluding steroid dienone is 1. The van der Waals surface area contributed by atoms with Crippen LogP contribution in [-0.2, 0) is 12.5 Å². The number of aryl methyl sites for hydroxylation is 1. The fourth-order valence-corrected chi connectivity index (χ4v) is 3.21. The standard InChI is InChI=1S/C13H12Cl2N4/c1-8-5-13(6-8,12-18-16-7-19(12)2)9-3-10(14)17-11(15)4-9/h3-4,7H,1,5-6H2,2H3. The van der Waals surface area contributed by atoms with Gasteiger partial charge in [-0.2, -0.15) is 0 Å². The summed E-state index contributed by atoms with van der Waals surface area (Å²) in [6.45, 7) is 4.03. The summed E-state index contributed by atoms with van der Waals surface area (Å²) in [6.07, 6.45) is 3.36. The highest BCUT2D eigenvalue weighted by molar-refractivity contribution is 6.32. The molecule has 2 aromatic rings. The van der Waals surface area contributed by atoms with Gasteiger partial charge in [0.05, 0.1) is 5.41 Å². The Morgan fingerprint density at radius 2 is 1.89 bits per heavy atom. The quantitative estimate of drug-likeness (QED) is 0.631. The summed E-state index contributed by atoms with van der Waals surface area (Å²) in [7, 11) is 1.93. The zero-order valence-electron chi connectivity index (χ0n) is 10.4. The smallest absolute Gasteiger partial charge is 0.143 e. The van der Waals surface area contributed by atoms with E-state index in [2.05, 4.69) is 21.8 Å². The van der Waals surface area contributed by atoms with Crippen LogP contribution in [-0.4, -0.2) is 19.7 Å². The van der Waals surface area contributed by atoms with Crippen molar-refractivity contribution in [1.82, 2.24) is 19.7 Å². The predicted octanol–water partition coefficient (Wildman–Crippen LogP) is 3.15. The molecule has 0 aliphatic heterocycles. The molecule has 0 N–H and O–H groups in total. The van der Waals surface area contributed by atoms with Gasteiger partial charge in [-0.25, -0.2) is 4.98 Å². The molecule has 0 unspecified atom stereocenters. The lowest BCUT2D eigenvalue weighted by atomic mass is 9.61. The van der Waals surface area contributed by atoms with Crippen LogP contribution in [0.5, 0.6) is 0 Å². The molecule has 19 heavy (non-hydrogen) atoms. The van der Waals surface area contributed by atoms with Crippen LogP contribution < -0.4 is 0 Å². The number of halogens is 2. The third-order valence-corrected chi connectivity index (χ3v) is 3.95. The molecular weight excluding hydrogens is 283 g/mol. The molecule has 0 amide bonds. The molecule has 6 heteroatoms. The van der Waals surface area contributed by atoms with Gasteiger partial charge >= 0.3 is 0 Å². The van der Waals surface area contributed by atoms with Gasteiger partial charge in [-0.05, 0) is 30.5 Å². The summed E-state index contributed by atoms with van der Waals surface area (Å²) in [5.41, 5.74) is 1.96. The van der Waals surface area contributed by atoms with Gasteiger partial charge in [0.1, 0.15) is 22.5 Å². The number of aromatic nitrogens is 4. The van der Waals surface area contributed by atoms with E-state index >= 15 is 0 Å². The zero-order valence-corrected chi connectivity index (χ0v) is 11.9. The van der Waals surface area contributed by atoms with Gasteiger partial charge in [-0.15, -0.1) is 10.2 Å². The maximum Gasteiger partial charge on any atom is 0.143 e. The largest absolute Gasteiger partial charge is 0.320 e. The van der Waals surface area contributed by atoms with E-state index in [9.17, 15) is 0 Å². The Hall–Kier alpha value is -1.39. The number of hydrogen-bond acceptors (Lipinski definition) is 3. The Morgan fingerprint density at radius 1 is 1.26 bits per heavy atom. The molecule has 2 aromatic heterocycles. The third kappa shape index (κ3) is 1.95. The topological polar surface area (TPSA) is 43.6 Å². The van der Waals surface area contributed by atoms with Crippen molar-refractivity contribution in [2.45, 2.75) is 18.3 Å². The number of nitrogens with zero attached hydrogens (tertiary/aromatic N) is 4. The number of pyridine rings is 1. The minimum absolute atomic E-state index is 0.238. The van der Waals surface area contributed by atoms with Crippen LogP contribution in [0.1, 0.15) is 24.2 Å². The average molecular weight is 295 g/mol. The van der Waals surface area contributed by atoms with Gasteiger partial charge < -0.3 is 4.57 Å². The van der Waals surface area contributed by atoms with Crippen molar-refractivity contribution in [2.24, 2.45) is 7.05 Å². The highest BCUT2D eigenvalue weighted by atomic mass is 35.5. The molecule has 0 aromatic carbocycles. The molecule has 1 fully saturated rings. The first-order valence-electron chi connectivity index (χ1n) is 5.86. The second-order valence-corrected chi connectivity index (χ2v) is 5.73. The van der Waals surface area contributed by atoms with E-state index < -0.39 is 0 Å². The van der Waals surface area contributed by atoms with Crippen molar-refractivity contribution in [3.05, 3.63) is 52.3 Å². The van der Waals surface area contributed by atoms with Crippen LogP contribution in [0.3, 0.4) is 0 Å². The van der Waals surface area contributed by atoms with Crippen molar-refractivity contribution in [3.8, 4) is 0 Å². The van der Waals surface area contributed by atoms with Gasteiger partial charge in [-0.1, -0.05) is 35.4 Å².